The second-order valence-corrected chi connectivity index (χ2v) is 8.73. The number of rotatable bonds is 2. The number of nitrogens with zero attached hydrogens (tertiary/aromatic N) is 1. The number of likely N-dealkylation sites (tertiary alicyclic amines) is 1. The van der Waals surface area contributed by atoms with Gasteiger partial charge in [-0.2, -0.15) is 0 Å². The topological polar surface area (TPSA) is 50.8 Å². The molecular weight excluding hydrogens is 316 g/mol. The minimum absolute atomic E-state index is 0.199. The highest BCUT2D eigenvalue weighted by Gasteiger charge is 2.36. The van der Waals surface area contributed by atoms with Crippen LogP contribution in [0.15, 0.2) is 24.3 Å². The van der Waals surface area contributed by atoms with Gasteiger partial charge in [-0.25, -0.2) is 4.79 Å². The van der Waals surface area contributed by atoms with E-state index in [0.717, 1.165) is 25.1 Å². The van der Waals surface area contributed by atoms with Gasteiger partial charge in [-0.1, -0.05) is 18.2 Å². The summed E-state index contributed by atoms with van der Waals surface area (Å²) in [5, 5.41) is 3.75. The average molecular weight is 346 g/mol. The molecule has 1 N–H and O–H groups in total. The molecule has 138 valence electrons. The van der Waals surface area contributed by atoms with Crippen LogP contribution in [0.5, 0.6) is 5.75 Å². The van der Waals surface area contributed by atoms with Gasteiger partial charge in [0.1, 0.15) is 17.0 Å². The zero-order valence-electron chi connectivity index (χ0n) is 16.0. The van der Waals surface area contributed by atoms with Gasteiger partial charge < -0.3 is 19.7 Å². The Balaban J connectivity index is 1.65. The van der Waals surface area contributed by atoms with Crippen LogP contribution >= 0.6 is 0 Å². The third kappa shape index (κ3) is 4.46. The van der Waals surface area contributed by atoms with Crippen LogP contribution < -0.4 is 10.1 Å². The Bertz CT molecular complexity index is 636. The fourth-order valence-corrected chi connectivity index (χ4v) is 3.62. The van der Waals surface area contributed by atoms with Crippen LogP contribution in [0.2, 0.25) is 0 Å². The highest BCUT2D eigenvalue weighted by atomic mass is 16.6. The summed E-state index contributed by atoms with van der Waals surface area (Å²) in [5.41, 5.74) is 0.555. The molecule has 1 saturated heterocycles. The predicted molar refractivity (Wildman–Crippen MR) is 97.9 cm³/mol. The maximum absolute atomic E-state index is 12.3. The highest BCUT2D eigenvalue weighted by Crippen LogP contribution is 2.39. The van der Waals surface area contributed by atoms with Gasteiger partial charge >= 0.3 is 6.09 Å². The summed E-state index contributed by atoms with van der Waals surface area (Å²) >= 11 is 0. The maximum Gasteiger partial charge on any atom is 0.410 e. The molecule has 0 radical (unpaired) electrons. The Labute approximate surface area is 150 Å². The van der Waals surface area contributed by atoms with Crippen LogP contribution in [0.1, 0.15) is 59.1 Å². The molecule has 0 aromatic heterocycles. The number of benzene rings is 1. The lowest BCUT2D eigenvalue weighted by Crippen LogP contribution is -2.44. The maximum atomic E-state index is 12.3. The van der Waals surface area contributed by atoms with Gasteiger partial charge in [0.15, 0.2) is 0 Å². The van der Waals surface area contributed by atoms with Crippen molar-refractivity contribution in [1.29, 1.82) is 0 Å². The predicted octanol–water partition coefficient (Wildman–Crippen LogP) is 3.89. The fraction of sp³-hybridized carbons (Fsp3) is 0.650. The third-order valence-corrected chi connectivity index (χ3v) is 4.65. The molecule has 2 aliphatic heterocycles. The van der Waals surface area contributed by atoms with Gasteiger partial charge in [0.25, 0.3) is 0 Å². The first-order valence-electron chi connectivity index (χ1n) is 9.15. The van der Waals surface area contributed by atoms with E-state index in [9.17, 15) is 4.79 Å². The SMILES string of the molecule is CC(C)(C)OC(=O)N1CCC(NC2CC(C)(C)Oc3ccccc32)C1. The molecule has 0 bridgehead atoms. The molecule has 0 aliphatic carbocycles. The Morgan fingerprint density at radius 1 is 1.32 bits per heavy atom. The van der Waals surface area contributed by atoms with Crippen molar-refractivity contribution in [3.05, 3.63) is 29.8 Å². The monoisotopic (exact) mass is 346 g/mol. The lowest BCUT2D eigenvalue weighted by Gasteiger charge is -2.39. The van der Waals surface area contributed by atoms with Crippen molar-refractivity contribution in [3.63, 3.8) is 0 Å². The van der Waals surface area contributed by atoms with Crippen molar-refractivity contribution in [2.75, 3.05) is 13.1 Å². The standard InChI is InChI=1S/C20H30N2O3/c1-19(2,3)25-18(23)22-11-10-14(13-22)21-16-12-20(4,5)24-17-9-7-6-8-15(16)17/h6-9,14,16,21H,10-13H2,1-5H3. The number of hydrogen-bond acceptors (Lipinski definition) is 4. The second-order valence-electron chi connectivity index (χ2n) is 8.73. The number of ether oxygens (including phenoxy) is 2. The molecule has 0 saturated carbocycles. The van der Waals surface area contributed by atoms with Crippen LogP contribution in [0.4, 0.5) is 4.79 Å². The number of nitrogens with one attached hydrogen (secondary N) is 1. The Morgan fingerprint density at radius 2 is 2.04 bits per heavy atom. The van der Waals surface area contributed by atoms with E-state index in [-0.39, 0.29) is 23.8 Å². The van der Waals surface area contributed by atoms with Crippen molar-refractivity contribution < 1.29 is 14.3 Å². The molecule has 1 aromatic carbocycles. The molecule has 2 aliphatic rings. The first-order chi connectivity index (χ1) is 11.6. The number of carbonyl (C=O) groups excluding carboxylic acids is 1. The summed E-state index contributed by atoms with van der Waals surface area (Å²) in [6.45, 7) is 11.4. The molecule has 3 rings (SSSR count). The number of amides is 1. The van der Waals surface area contributed by atoms with Crippen LogP contribution in [0.3, 0.4) is 0 Å². The molecule has 1 amide bonds. The molecule has 5 nitrogen and oxygen atoms in total. The number of para-hydroxylation sites is 1. The molecule has 25 heavy (non-hydrogen) atoms. The second kappa shape index (κ2) is 6.52. The van der Waals surface area contributed by atoms with Crippen molar-refractivity contribution in [1.82, 2.24) is 10.2 Å². The number of hydrogen-bond donors (Lipinski definition) is 1. The van der Waals surface area contributed by atoms with Crippen LogP contribution in [-0.4, -0.2) is 41.3 Å². The largest absolute Gasteiger partial charge is 0.487 e. The third-order valence-electron chi connectivity index (χ3n) is 4.65. The lowest BCUT2D eigenvalue weighted by molar-refractivity contribution is 0.0286. The Hall–Kier alpha value is -1.75. The molecule has 1 aromatic rings. The lowest BCUT2D eigenvalue weighted by atomic mass is 9.89. The van der Waals surface area contributed by atoms with Crippen LogP contribution in [-0.2, 0) is 4.74 Å². The minimum Gasteiger partial charge on any atom is -0.487 e. The zero-order chi connectivity index (χ0) is 18.2. The van der Waals surface area contributed by atoms with Gasteiger partial charge in [0, 0.05) is 37.2 Å². The smallest absolute Gasteiger partial charge is 0.410 e. The molecule has 5 heteroatoms. The molecule has 2 atom stereocenters. The van der Waals surface area contributed by atoms with Crippen molar-refractivity contribution >= 4 is 6.09 Å². The quantitative estimate of drug-likeness (QED) is 0.883. The highest BCUT2D eigenvalue weighted by molar-refractivity contribution is 5.68. The molecule has 2 unspecified atom stereocenters. The summed E-state index contributed by atoms with van der Waals surface area (Å²) < 4.78 is 11.6. The van der Waals surface area contributed by atoms with E-state index in [1.807, 2.05) is 32.9 Å². The molecule has 1 fully saturated rings. The van der Waals surface area contributed by atoms with Gasteiger partial charge in [-0.3, -0.25) is 0 Å². The van der Waals surface area contributed by atoms with E-state index < -0.39 is 5.60 Å². The summed E-state index contributed by atoms with van der Waals surface area (Å²) in [4.78, 5) is 14.1. The van der Waals surface area contributed by atoms with Gasteiger partial charge in [0.2, 0.25) is 0 Å². The summed E-state index contributed by atoms with van der Waals surface area (Å²) in [6.07, 6.45) is 1.64. The molecule has 2 heterocycles. The summed E-state index contributed by atoms with van der Waals surface area (Å²) in [5.74, 6) is 0.957. The summed E-state index contributed by atoms with van der Waals surface area (Å²) in [7, 11) is 0. The number of fused-ring (bicyclic) bond motifs is 1. The number of carbonyl (C=O) groups is 1. The van der Waals surface area contributed by atoms with Gasteiger partial charge in [-0.15, -0.1) is 0 Å². The van der Waals surface area contributed by atoms with Crippen molar-refractivity contribution in [2.45, 2.75) is 70.7 Å². The first kappa shape index (κ1) is 18.1. The van der Waals surface area contributed by atoms with E-state index in [1.165, 1.54) is 5.56 Å². The van der Waals surface area contributed by atoms with E-state index >= 15 is 0 Å². The fourth-order valence-electron chi connectivity index (χ4n) is 3.62. The summed E-state index contributed by atoms with van der Waals surface area (Å²) in [6, 6.07) is 8.74. The van der Waals surface area contributed by atoms with E-state index in [0.29, 0.717) is 6.54 Å². The van der Waals surface area contributed by atoms with Gasteiger partial charge in [-0.05, 0) is 47.1 Å². The first-order valence-corrected chi connectivity index (χ1v) is 9.15. The average Bonchev–Trinajstić information content (AvgIpc) is 2.93. The normalized spacial score (nSPS) is 25.2. The Kier molecular flexibility index (Phi) is 4.71. The van der Waals surface area contributed by atoms with Crippen molar-refractivity contribution in [3.8, 4) is 5.75 Å². The van der Waals surface area contributed by atoms with E-state index in [1.54, 1.807) is 4.90 Å². The van der Waals surface area contributed by atoms with Gasteiger partial charge in [0.05, 0.1) is 0 Å². The van der Waals surface area contributed by atoms with Crippen LogP contribution in [0.25, 0.3) is 0 Å². The molecular formula is C20H30N2O3. The van der Waals surface area contributed by atoms with E-state index in [2.05, 4.69) is 31.3 Å². The molecule has 0 spiro atoms. The van der Waals surface area contributed by atoms with Crippen molar-refractivity contribution in [2.24, 2.45) is 0 Å². The van der Waals surface area contributed by atoms with E-state index in [4.69, 9.17) is 9.47 Å². The van der Waals surface area contributed by atoms with Crippen LogP contribution in [0, 0.1) is 0 Å². The minimum atomic E-state index is -0.452. The zero-order valence-corrected chi connectivity index (χ0v) is 16.0. The Morgan fingerprint density at radius 3 is 2.76 bits per heavy atom.